The number of hydrogen-bond donors (Lipinski definition) is 2. The van der Waals surface area contributed by atoms with Crippen LogP contribution < -0.4 is 20.1 Å². The quantitative estimate of drug-likeness (QED) is 0.797. The fourth-order valence-electron chi connectivity index (χ4n) is 2.85. The van der Waals surface area contributed by atoms with Gasteiger partial charge in [-0.3, -0.25) is 9.59 Å². The van der Waals surface area contributed by atoms with Crippen molar-refractivity contribution in [2.45, 2.75) is 25.9 Å². The summed E-state index contributed by atoms with van der Waals surface area (Å²) in [6.07, 6.45) is 0.131. The number of carbonyl (C=O) groups excluding carboxylic acids is 2. The molecule has 27 heavy (non-hydrogen) atoms. The summed E-state index contributed by atoms with van der Waals surface area (Å²) in [7, 11) is 0. The maximum atomic E-state index is 12.4. The SMILES string of the molecule is CC(=O)NC(CC(=O)NCc1ccc2c(c1)OCCO2)c1ccc(Cl)cc1. The molecule has 1 aliphatic heterocycles. The highest BCUT2D eigenvalue weighted by Crippen LogP contribution is 2.30. The number of rotatable bonds is 6. The first-order valence-electron chi connectivity index (χ1n) is 8.69. The van der Waals surface area contributed by atoms with E-state index in [1.54, 1.807) is 24.3 Å². The third-order valence-electron chi connectivity index (χ3n) is 4.14. The maximum absolute atomic E-state index is 12.4. The lowest BCUT2D eigenvalue weighted by Gasteiger charge is -2.20. The summed E-state index contributed by atoms with van der Waals surface area (Å²) in [6, 6.07) is 12.2. The molecule has 6 nitrogen and oxygen atoms in total. The van der Waals surface area contributed by atoms with Gasteiger partial charge in [0.2, 0.25) is 11.8 Å². The minimum Gasteiger partial charge on any atom is -0.486 e. The van der Waals surface area contributed by atoms with E-state index < -0.39 is 6.04 Å². The second-order valence-corrected chi connectivity index (χ2v) is 6.70. The molecule has 0 aliphatic carbocycles. The van der Waals surface area contributed by atoms with Crippen LogP contribution in [0.4, 0.5) is 0 Å². The largest absolute Gasteiger partial charge is 0.486 e. The molecule has 0 radical (unpaired) electrons. The molecule has 2 N–H and O–H groups in total. The van der Waals surface area contributed by atoms with Gasteiger partial charge >= 0.3 is 0 Å². The van der Waals surface area contributed by atoms with Crippen molar-refractivity contribution >= 4 is 23.4 Å². The highest BCUT2D eigenvalue weighted by Gasteiger charge is 2.17. The molecule has 2 amide bonds. The Morgan fingerprint density at radius 3 is 2.48 bits per heavy atom. The van der Waals surface area contributed by atoms with Gasteiger partial charge in [0.25, 0.3) is 0 Å². The van der Waals surface area contributed by atoms with Gasteiger partial charge < -0.3 is 20.1 Å². The van der Waals surface area contributed by atoms with Crippen molar-refractivity contribution < 1.29 is 19.1 Å². The van der Waals surface area contributed by atoms with Crippen molar-refractivity contribution in [2.24, 2.45) is 0 Å². The molecule has 0 bridgehead atoms. The van der Waals surface area contributed by atoms with Gasteiger partial charge in [-0.25, -0.2) is 0 Å². The van der Waals surface area contributed by atoms with E-state index >= 15 is 0 Å². The molecule has 1 heterocycles. The van der Waals surface area contributed by atoms with Crippen molar-refractivity contribution in [3.8, 4) is 11.5 Å². The Hall–Kier alpha value is -2.73. The third kappa shape index (κ3) is 5.37. The Kier molecular flexibility index (Phi) is 6.19. The van der Waals surface area contributed by atoms with E-state index in [0.29, 0.717) is 36.3 Å². The standard InChI is InChI=1S/C20H21ClN2O4/c1-13(24)23-17(15-3-5-16(21)6-4-15)11-20(25)22-12-14-2-7-18-19(10-14)27-9-8-26-18/h2-7,10,17H,8-9,11-12H2,1H3,(H,22,25)(H,23,24). The Labute approximate surface area is 162 Å². The molecule has 0 spiro atoms. The normalized spacial score (nSPS) is 13.6. The monoisotopic (exact) mass is 388 g/mol. The molecule has 3 rings (SSSR count). The van der Waals surface area contributed by atoms with Gasteiger partial charge in [0, 0.05) is 18.5 Å². The van der Waals surface area contributed by atoms with E-state index in [1.807, 2.05) is 18.2 Å². The van der Waals surface area contributed by atoms with Crippen molar-refractivity contribution in [3.05, 3.63) is 58.6 Å². The zero-order valence-corrected chi connectivity index (χ0v) is 15.7. The zero-order chi connectivity index (χ0) is 19.2. The maximum Gasteiger partial charge on any atom is 0.222 e. The van der Waals surface area contributed by atoms with E-state index in [-0.39, 0.29) is 18.2 Å². The molecule has 1 unspecified atom stereocenters. The van der Waals surface area contributed by atoms with Gasteiger partial charge in [-0.1, -0.05) is 29.8 Å². The number of amides is 2. The van der Waals surface area contributed by atoms with Gasteiger partial charge in [-0.2, -0.15) is 0 Å². The molecule has 0 saturated carbocycles. The number of nitrogens with one attached hydrogen (secondary N) is 2. The van der Waals surface area contributed by atoms with E-state index in [9.17, 15) is 9.59 Å². The van der Waals surface area contributed by atoms with Crippen LogP contribution in [0.15, 0.2) is 42.5 Å². The minimum absolute atomic E-state index is 0.131. The number of benzene rings is 2. The van der Waals surface area contributed by atoms with Crippen molar-refractivity contribution in [1.82, 2.24) is 10.6 Å². The lowest BCUT2D eigenvalue weighted by atomic mass is 10.0. The van der Waals surface area contributed by atoms with Crippen molar-refractivity contribution in [3.63, 3.8) is 0 Å². The topological polar surface area (TPSA) is 76.7 Å². The molecular weight excluding hydrogens is 368 g/mol. The first-order chi connectivity index (χ1) is 13.0. The third-order valence-corrected chi connectivity index (χ3v) is 4.39. The number of fused-ring (bicyclic) bond motifs is 1. The van der Waals surface area contributed by atoms with Crippen molar-refractivity contribution in [2.75, 3.05) is 13.2 Å². The number of ether oxygens (including phenoxy) is 2. The highest BCUT2D eigenvalue weighted by atomic mass is 35.5. The van der Waals surface area contributed by atoms with Crippen LogP contribution in [0, 0.1) is 0 Å². The Balaban J connectivity index is 1.60. The summed E-state index contributed by atoms with van der Waals surface area (Å²) in [5.41, 5.74) is 1.74. The number of halogens is 1. The van der Waals surface area contributed by atoms with Crippen LogP contribution in [-0.2, 0) is 16.1 Å². The highest BCUT2D eigenvalue weighted by molar-refractivity contribution is 6.30. The van der Waals surface area contributed by atoms with Crippen LogP contribution >= 0.6 is 11.6 Å². The number of carbonyl (C=O) groups is 2. The lowest BCUT2D eigenvalue weighted by Crippen LogP contribution is -2.32. The summed E-state index contributed by atoms with van der Waals surface area (Å²) in [5.74, 6) is 1.03. The summed E-state index contributed by atoms with van der Waals surface area (Å²) in [6.45, 7) is 2.85. The molecule has 1 atom stereocenters. The second kappa shape index (κ2) is 8.77. The van der Waals surface area contributed by atoms with E-state index in [0.717, 1.165) is 11.1 Å². The van der Waals surface area contributed by atoms with Gasteiger partial charge in [0.05, 0.1) is 12.5 Å². The van der Waals surface area contributed by atoms with Gasteiger partial charge in [0.1, 0.15) is 13.2 Å². The Morgan fingerprint density at radius 1 is 1.07 bits per heavy atom. The van der Waals surface area contributed by atoms with Crippen LogP contribution in [-0.4, -0.2) is 25.0 Å². The summed E-state index contributed by atoms with van der Waals surface area (Å²) in [4.78, 5) is 23.9. The fraction of sp³-hybridized carbons (Fsp3) is 0.300. The summed E-state index contributed by atoms with van der Waals surface area (Å²) in [5, 5.41) is 6.28. The molecule has 0 aromatic heterocycles. The van der Waals surface area contributed by atoms with Gasteiger partial charge in [0.15, 0.2) is 11.5 Å². The van der Waals surface area contributed by atoms with Gasteiger partial charge in [-0.15, -0.1) is 0 Å². The summed E-state index contributed by atoms with van der Waals surface area (Å²) >= 11 is 5.91. The second-order valence-electron chi connectivity index (χ2n) is 6.26. The number of hydrogen-bond acceptors (Lipinski definition) is 4. The van der Waals surface area contributed by atoms with Crippen LogP contribution in [0.2, 0.25) is 5.02 Å². The van der Waals surface area contributed by atoms with Crippen LogP contribution in [0.1, 0.15) is 30.5 Å². The fourth-order valence-corrected chi connectivity index (χ4v) is 2.97. The van der Waals surface area contributed by atoms with E-state index in [2.05, 4.69) is 10.6 Å². The predicted octanol–water partition coefficient (Wildman–Crippen LogP) is 2.99. The van der Waals surface area contributed by atoms with Crippen LogP contribution in [0.5, 0.6) is 11.5 Å². The average Bonchev–Trinajstić information content (AvgIpc) is 2.66. The molecule has 0 fully saturated rings. The van der Waals surface area contributed by atoms with Crippen molar-refractivity contribution in [1.29, 1.82) is 0 Å². The first-order valence-corrected chi connectivity index (χ1v) is 9.07. The average molecular weight is 389 g/mol. The Bertz CT molecular complexity index is 823. The van der Waals surface area contributed by atoms with E-state index in [4.69, 9.17) is 21.1 Å². The molecule has 2 aromatic carbocycles. The zero-order valence-electron chi connectivity index (χ0n) is 15.0. The smallest absolute Gasteiger partial charge is 0.222 e. The molecule has 1 aliphatic rings. The Morgan fingerprint density at radius 2 is 1.78 bits per heavy atom. The molecule has 7 heteroatoms. The minimum atomic E-state index is -0.417. The molecular formula is C20H21ClN2O4. The van der Waals surface area contributed by atoms with Crippen LogP contribution in [0.25, 0.3) is 0 Å². The summed E-state index contributed by atoms with van der Waals surface area (Å²) < 4.78 is 11.0. The molecule has 2 aromatic rings. The van der Waals surface area contributed by atoms with Gasteiger partial charge in [-0.05, 0) is 35.4 Å². The molecule has 0 saturated heterocycles. The lowest BCUT2D eigenvalue weighted by molar-refractivity contribution is -0.122. The first kappa shape index (κ1) is 19.0. The molecule has 142 valence electrons. The van der Waals surface area contributed by atoms with E-state index in [1.165, 1.54) is 6.92 Å². The predicted molar refractivity (Wildman–Crippen MR) is 102 cm³/mol. The van der Waals surface area contributed by atoms with Crippen LogP contribution in [0.3, 0.4) is 0 Å².